The van der Waals surface area contributed by atoms with Gasteiger partial charge in [0.2, 0.25) is 0 Å². The SMILES string of the molecule is O=C(O)c1ccccc1SC1COC1. The van der Waals surface area contributed by atoms with Crippen molar-refractivity contribution in [1.82, 2.24) is 0 Å². The highest BCUT2D eigenvalue weighted by molar-refractivity contribution is 8.00. The van der Waals surface area contributed by atoms with Gasteiger partial charge in [-0.25, -0.2) is 4.79 Å². The molecule has 0 amide bonds. The topological polar surface area (TPSA) is 46.5 Å². The number of carboxylic acid groups (broad SMARTS) is 1. The van der Waals surface area contributed by atoms with Crippen LogP contribution in [0, 0.1) is 0 Å². The molecule has 74 valence electrons. The van der Waals surface area contributed by atoms with E-state index in [0.717, 1.165) is 18.1 Å². The van der Waals surface area contributed by atoms with Gasteiger partial charge in [-0.1, -0.05) is 12.1 Å². The van der Waals surface area contributed by atoms with Gasteiger partial charge in [0, 0.05) is 4.90 Å². The van der Waals surface area contributed by atoms with Gasteiger partial charge in [-0.05, 0) is 12.1 Å². The van der Waals surface area contributed by atoms with Crippen molar-refractivity contribution in [3.05, 3.63) is 29.8 Å². The Morgan fingerprint density at radius 2 is 2.14 bits per heavy atom. The first-order valence-electron chi connectivity index (χ1n) is 4.34. The molecule has 0 aromatic heterocycles. The number of carboxylic acids is 1. The van der Waals surface area contributed by atoms with Gasteiger partial charge >= 0.3 is 5.97 Å². The van der Waals surface area contributed by atoms with E-state index in [1.807, 2.05) is 12.1 Å². The lowest BCUT2D eigenvalue weighted by molar-refractivity contribution is 0.0454. The zero-order chi connectivity index (χ0) is 9.97. The molecule has 14 heavy (non-hydrogen) atoms. The normalized spacial score (nSPS) is 16.3. The van der Waals surface area contributed by atoms with Gasteiger partial charge in [0.15, 0.2) is 0 Å². The average Bonchev–Trinajstić information content (AvgIpc) is 2.12. The van der Waals surface area contributed by atoms with E-state index in [2.05, 4.69) is 0 Å². The van der Waals surface area contributed by atoms with Crippen LogP contribution in [0.1, 0.15) is 10.4 Å². The molecule has 3 nitrogen and oxygen atoms in total. The summed E-state index contributed by atoms with van der Waals surface area (Å²) >= 11 is 1.58. The Morgan fingerprint density at radius 3 is 2.71 bits per heavy atom. The summed E-state index contributed by atoms with van der Waals surface area (Å²) < 4.78 is 5.04. The maximum atomic E-state index is 10.9. The molecule has 0 unspecified atom stereocenters. The Hall–Kier alpha value is -1.00. The minimum Gasteiger partial charge on any atom is -0.478 e. The van der Waals surface area contributed by atoms with E-state index in [-0.39, 0.29) is 0 Å². The van der Waals surface area contributed by atoms with Crippen molar-refractivity contribution in [1.29, 1.82) is 0 Å². The minimum absolute atomic E-state index is 0.379. The second-order valence-corrected chi connectivity index (χ2v) is 4.42. The highest BCUT2D eigenvalue weighted by Crippen LogP contribution is 2.30. The van der Waals surface area contributed by atoms with Crippen molar-refractivity contribution in [3.8, 4) is 0 Å². The molecule has 0 bridgehead atoms. The van der Waals surface area contributed by atoms with Gasteiger partial charge in [-0.3, -0.25) is 0 Å². The van der Waals surface area contributed by atoms with Crippen molar-refractivity contribution in [2.75, 3.05) is 13.2 Å². The molecule has 1 aliphatic heterocycles. The molecule has 0 spiro atoms. The summed E-state index contributed by atoms with van der Waals surface area (Å²) in [7, 11) is 0. The monoisotopic (exact) mass is 210 g/mol. The van der Waals surface area contributed by atoms with Crippen LogP contribution in [0.3, 0.4) is 0 Å². The van der Waals surface area contributed by atoms with Gasteiger partial charge in [0.1, 0.15) is 0 Å². The molecule has 2 rings (SSSR count). The van der Waals surface area contributed by atoms with Crippen molar-refractivity contribution in [3.63, 3.8) is 0 Å². The number of aromatic carboxylic acids is 1. The van der Waals surface area contributed by atoms with Crippen LogP contribution >= 0.6 is 11.8 Å². The number of rotatable bonds is 3. The van der Waals surface area contributed by atoms with Gasteiger partial charge in [-0.2, -0.15) is 0 Å². The lowest BCUT2D eigenvalue weighted by Gasteiger charge is -2.25. The summed E-state index contributed by atoms with van der Waals surface area (Å²) in [5.41, 5.74) is 0.379. The maximum Gasteiger partial charge on any atom is 0.336 e. The highest BCUT2D eigenvalue weighted by atomic mass is 32.2. The number of carbonyl (C=O) groups is 1. The van der Waals surface area contributed by atoms with E-state index in [0.29, 0.717) is 10.8 Å². The first-order valence-corrected chi connectivity index (χ1v) is 5.22. The molecule has 4 heteroatoms. The molecule has 0 atom stereocenters. The molecule has 1 heterocycles. The van der Waals surface area contributed by atoms with E-state index in [4.69, 9.17) is 9.84 Å². The first kappa shape index (κ1) is 9.55. The summed E-state index contributed by atoms with van der Waals surface area (Å²) in [5.74, 6) is -0.867. The van der Waals surface area contributed by atoms with Crippen LogP contribution in [0.5, 0.6) is 0 Å². The fourth-order valence-corrected chi connectivity index (χ4v) is 2.33. The summed E-state index contributed by atoms with van der Waals surface area (Å²) in [6.07, 6.45) is 0. The van der Waals surface area contributed by atoms with E-state index < -0.39 is 5.97 Å². The van der Waals surface area contributed by atoms with Crippen molar-refractivity contribution >= 4 is 17.7 Å². The van der Waals surface area contributed by atoms with Gasteiger partial charge in [0.05, 0.1) is 24.0 Å². The Bertz CT molecular complexity index is 347. The van der Waals surface area contributed by atoms with Crippen LogP contribution in [-0.4, -0.2) is 29.5 Å². The fraction of sp³-hybridized carbons (Fsp3) is 0.300. The number of hydrogen-bond acceptors (Lipinski definition) is 3. The van der Waals surface area contributed by atoms with E-state index in [9.17, 15) is 4.79 Å². The van der Waals surface area contributed by atoms with E-state index in [1.165, 1.54) is 0 Å². The molecule has 1 saturated heterocycles. The number of thioether (sulfide) groups is 1. The second-order valence-electron chi connectivity index (χ2n) is 3.08. The third kappa shape index (κ3) is 1.91. The van der Waals surface area contributed by atoms with E-state index >= 15 is 0 Å². The Kier molecular flexibility index (Phi) is 2.74. The second kappa shape index (κ2) is 4.02. The molecule has 1 N–H and O–H groups in total. The third-order valence-electron chi connectivity index (χ3n) is 2.02. The molecular weight excluding hydrogens is 200 g/mol. The maximum absolute atomic E-state index is 10.9. The number of hydrogen-bond donors (Lipinski definition) is 1. The van der Waals surface area contributed by atoms with Crippen molar-refractivity contribution in [2.45, 2.75) is 10.1 Å². The fourth-order valence-electron chi connectivity index (χ4n) is 1.21. The molecule has 0 radical (unpaired) electrons. The Morgan fingerprint density at radius 1 is 1.43 bits per heavy atom. The number of ether oxygens (including phenoxy) is 1. The molecule has 1 aromatic rings. The van der Waals surface area contributed by atoms with Crippen LogP contribution in [-0.2, 0) is 4.74 Å². The standard InChI is InChI=1S/C10H10O3S/c11-10(12)8-3-1-2-4-9(8)14-7-5-13-6-7/h1-4,7H,5-6H2,(H,11,12). The lowest BCUT2D eigenvalue weighted by atomic mass is 10.2. The smallest absolute Gasteiger partial charge is 0.336 e. The predicted molar refractivity (Wildman–Crippen MR) is 53.9 cm³/mol. The van der Waals surface area contributed by atoms with Crippen LogP contribution in [0.15, 0.2) is 29.2 Å². The zero-order valence-corrected chi connectivity index (χ0v) is 8.29. The minimum atomic E-state index is -0.867. The summed E-state index contributed by atoms with van der Waals surface area (Å²) in [6, 6.07) is 7.07. The molecule has 0 saturated carbocycles. The molecule has 0 aliphatic carbocycles. The molecule has 1 aliphatic rings. The average molecular weight is 210 g/mol. The molecule has 1 aromatic carbocycles. The number of benzene rings is 1. The Labute approximate surface area is 86.1 Å². The Balaban J connectivity index is 2.17. The zero-order valence-electron chi connectivity index (χ0n) is 7.47. The first-order chi connectivity index (χ1) is 6.77. The summed E-state index contributed by atoms with van der Waals surface area (Å²) in [5, 5.41) is 9.34. The lowest BCUT2D eigenvalue weighted by Crippen LogP contribution is -2.30. The summed E-state index contributed by atoms with van der Waals surface area (Å²) in [4.78, 5) is 11.7. The third-order valence-corrected chi connectivity index (χ3v) is 3.23. The summed E-state index contributed by atoms with van der Waals surface area (Å²) in [6.45, 7) is 1.44. The van der Waals surface area contributed by atoms with Crippen LogP contribution in [0.2, 0.25) is 0 Å². The van der Waals surface area contributed by atoms with Crippen molar-refractivity contribution in [2.24, 2.45) is 0 Å². The van der Waals surface area contributed by atoms with Crippen molar-refractivity contribution < 1.29 is 14.6 Å². The molecule has 1 fully saturated rings. The predicted octanol–water partition coefficient (Wildman–Crippen LogP) is 1.88. The van der Waals surface area contributed by atoms with Crippen LogP contribution < -0.4 is 0 Å². The van der Waals surface area contributed by atoms with E-state index in [1.54, 1.807) is 23.9 Å². The van der Waals surface area contributed by atoms with Gasteiger partial charge in [-0.15, -0.1) is 11.8 Å². The van der Waals surface area contributed by atoms with Crippen LogP contribution in [0.4, 0.5) is 0 Å². The van der Waals surface area contributed by atoms with Gasteiger partial charge in [0.25, 0.3) is 0 Å². The largest absolute Gasteiger partial charge is 0.478 e. The molecular formula is C10H10O3S. The quantitative estimate of drug-likeness (QED) is 0.827. The highest BCUT2D eigenvalue weighted by Gasteiger charge is 2.21. The van der Waals surface area contributed by atoms with Crippen LogP contribution in [0.25, 0.3) is 0 Å². The van der Waals surface area contributed by atoms with Gasteiger partial charge < -0.3 is 9.84 Å².